The number of benzene rings is 2. The summed E-state index contributed by atoms with van der Waals surface area (Å²) in [6, 6.07) is 13.8. The van der Waals surface area contributed by atoms with Crippen LogP contribution in [0.2, 0.25) is 0 Å². The number of rotatable bonds is 2. The molecule has 2 aromatic carbocycles. The van der Waals surface area contributed by atoms with E-state index in [2.05, 4.69) is 74.5 Å². The summed E-state index contributed by atoms with van der Waals surface area (Å²) in [4.78, 5) is 0. The van der Waals surface area contributed by atoms with E-state index in [4.69, 9.17) is 4.21 Å². The molecule has 0 N–H and O–H groups in total. The minimum absolute atomic E-state index is 0. The molecule has 2 aromatic rings. The molecule has 0 saturated carbocycles. The largest absolute Gasteiger partial charge is 1.00 e. The summed E-state index contributed by atoms with van der Waals surface area (Å²) in [5.74, 6) is 0. The third-order valence-electron chi connectivity index (χ3n) is 4.89. The van der Waals surface area contributed by atoms with Crippen LogP contribution in [0.3, 0.4) is 0 Å². The Kier molecular flexibility index (Phi) is 6.24. The Morgan fingerprint density at radius 1 is 0.750 bits per heavy atom. The first-order chi connectivity index (χ1) is 10.6. The van der Waals surface area contributed by atoms with Gasteiger partial charge < -0.3 is 24.8 Å². The second-order valence-corrected chi connectivity index (χ2v) is 12.4. The molecule has 122 valence electrons. The van der Waals surface area contributed by atoms with Gasteiger partial charge in [-0.05, 0) is 0 Å². The normalized spacial score (nSPS) is 18.9. The summed E-state index contributed by atoms with van der Waals surface area (Å²) >= 11 is -1.89. The van der Waals surface area contributed by atoms with Crippen molar-refractivity contribution in [1.29, 1.82) is 0 Å². The zero-order valence-corrected chi connectivity index (χ0v) is 17.9. The van der Waals surface area contributed by atoms with Crippen molar-refractivity contribution in [1.82, 2.24) is 0 Å². The zero-order valence-electron chi connectivity index (χ0n) is 13.9. The third-order valence-corrected chi connectivity index (χ3v) is 11.3. The average Bonchev–Trinajstić information content (AvgIpc) is 3.09. The van der Waals surface area contributed by atoms with Crippen LogP contribution in [0.1, 0.15) is 40.6 Å². The molecular formula is C21H20Cl2Zr. The van der Waals surface area contributed by atoms with Crippen LogP contribution >= 0.6 is 0 Å². The molecule has 2 unspecified atom stereocenters. The molecule has 24 heavy (non-hydrogen) atoms. The molecule has 2 atom stereocenters. The summed E-state index contributed by atoms with van der Waals surface area (Å²) < 4.78 is 5.96. The summed E-state index contributed by atoms with van der Waals surface area (Å²) in [6.45, 7) is 4.34. The maximum absolute atomic E-state index is 4.74. The first kappa shape index (κ1) is 19.6. The van der Waals surface area contributed by atoms with Crippen molar-refractivity contribution in [2.45, 2.75) is 21.1 Å². The second kappa shape index (κ2) is 7.65. The molecular weight excluding hydrogens is 414 g/mol. The van der Waals surface area contributed by atoms with Crippen molar-refractivity contribution in [3.05, 3.63) is 81.9 Å². The molecule has 0 spiro atoms. The first-order valence-corrected chi connectivity index (χ1v) is 12.5. The van der Waals surface area contributed by atoms with Crippen molar-refractivity contribution in [3.63, 3.8) is 0 Å². The number of hydrogen-bond acceptors (Lipinski definition) is 0. The summed E-state index contributed by atoms with van der Waals surface area (Å²) in [5.41, 5.74) is 8.56. The standard InChI is InChI=1S/2C10H9.CH2.2ClH.Zr/c2*1-8-5-6-9-3-2-4-10(9)7-8;;;;/h2*2-7H,1H3;1H2;2*1H;/q;;;;;+2/p-2. The molecule has 2 aliphatic carbocycles. The molecule has 4 rings (SSSR count). The van der Waals surface area contributed by atoms with Gasteiger partial charge in [-0.15, -0.1) is 0 Å². The van der Waals surface area contributed by atoms with E-state index in [9.17, 15) is 0 Å². The molecule has 0 aliphatic heterocycles. The van der Waals surface area contributed by atoms with E-state index in [-0.39, 0.29) is 24.8 Å². The van der Waals surface area contributed by atoms with Crippen molar-refractivity contribution in [2.75, 3.05) is 0 Å². The fraction of sp³-hybridized carbons (Fsp3) is 0.190. The van der Waals surface area contributed by atoms with Gasteiger partial charge >= 0.3 is 141 Å². The molecule has 2 aliphatic rings. The van der Waals surface area contributed by atoms with Crippen molar-refractivity contribution in [3.8, 4) is 0 Å². The molecule has 0 amide bonds. The Morgan fingerprint density at radius 3 is 1.58 bits per heavy atom. The van der Waals surface area contributed by atoms with Gasteiger partial charge in [0.15, 0.2) is 0 Å². The van der Waals surface area contributed by atoms with E-state index in [0.717, 1.165) is 0 Å². The average molecular weight is 435 g/mol. The molecule has 0 nitrogen and oxygen atoms in total. The van der Waals surface area contributed by atoms with Crippen LogP contribution in [-0.2, 0) is 21.3 Å². The summed E-state index contributed by atoms with van der Waals surface area (Å²) in [6.07, 6.45) is 9.47. The van der Waals surface area contributed by atoms with Gasteiger partial charge in [0.1, 0.15) is 0 Å². The van der Waals surface area contributed by atoms with Gasteiger partial charge in [0.05, 0.1) is 0 Å². The van der Waals surface area contributed by atoms with E-state index < -0.39 is 21.3 Å². The quantitative estimate of drug-likeness (QED) is 0.581. The van der Waals surface area contributed by atoms with Gasteiger partial charge in [-0.3, -0.25) is 0 Å². The van der Waals surface area contributed by atoms with Gasteiger partial charge in [0.2, 0.25) is 0 Å². The number of aryl methyl sites for hydroxylation is 2. The van der Waals surface area contributed by atoms with E-state index >= 15 is 0 Å². The number of allylic oxidation sites excluding steroid dienone is 2. The molecule has 0 radical (unpaired) electrons. The minimum Gasteiger partial charge on any atom is -1.00 e. The smallest absolute Gasteiger partial charge is 1.00 e. The van der Waals surface area contributed by atoms with Gasteiger partial charge in [-0.2, -0.15) is 0 Å². The Hall–Kier alpha value is -0.747. The van der Waals surface area contributed by atoms with Crippen LogP contribution in [0.5, 0.6) is 0 Å². The minimum atomic E-state index is -1.89. The van der Waals surface area contributed by atoms with Crippen molar-refractivity contribution < 1.29 is 46.1 Å². The Bertz CT molecular complexity index is 779. The van der Waals surface area contributed by atoms with Gasteiger partial charge in [-0.25, -0.2) is 0 Å². The molecule has 0 saturated heterocycles. The summed E-state index contributed by atoms with van der Waals surface area (Å²) in [7, 11) is 0. The molecule has 0 aromatic heterocycles. The van der Waals surface area contributed by atoms with Crippen LogP contribution in [-0.4, -0.2) is 4.21 Å². The molecule has 3 heteroatoms. The Balaban J connectivity index is 0.00000104. The predicted octanol–water partition coefficient (Wildman–Crippen LogP) is -0.802. The molecule has 0 heterocycles. The maximum atomic E-state index is 4.74. The van der Waals surface area contributed by atoms with E-state index in [1.807, 2.05) is 0 Å². The van der Waals surface area contributed by atoms with Crippen LogP contribution < -0.4 is 24.8 Å². The van der Waals surface area contributed by atoms with E-state index in [1.165, 1.54) is 33.4 Å². The predicted molar refractivity (Wildman–Crippen MR) is 93.0 cm³/mol. The van der Waals surface area contributed by atoms with E-state index in [1.54, 1.807) is 0 Å². The first-order valence-electron chi connectivity index (χ1n) is 7.90. The van der Waals surface area contributed by atoms with Gasteiger partial charge in [-0.1, -0.05) is 0 Å². The zero-order chi connectivity index (χ0) is 15.3. The number of halogens is 2. The fourth-order valence-corrected chi connectivity index (χ4v) is 9.59. The number of hydrogen-bond donors (Lipinski definition) is 0. The Labute approximate surface area is 164 Å². The second-order valence-electron chi connectivity index (χ2n) is 6.51. The van der Waals surface area contributed by atoms with Gasteiger partial charge in [0, 0.05) is 0 Å². The Morgan fingerprint density at radius 2 is 1.17 bits per heavy atom. The van der Waals surface area contributed by atoms with Crippen LogP contribution in [0.4, 0.5) is 0 Å². The van der Waals surface area contributed by atoms with Crippen molar-refractivity contribution >= 4 is 16.4 Å². The fourth-order valence-electron chi connectivity index (χ4n) is 3.69. The summed E-state index contributed by atoms with van der Waals surface area (Å²) in [5, 5.41) is 0. The van der Waals surface area contributed by atoms with E-state index in [0.29, 0.717) is 7.25 Å². The molecule has 0 bridgehead atoms. The van der Waals surface area contributed by atoms with Crippen molar-refractivity contribution in [2.24, 2.45) is 0 Å². The molecule has 0 fully saturated rings. The SMILES string of the molecule is [CH2]=[Zr+2]([CH]1C=Cc2cc(C)ccc21)[CH]1C=Cc2cc(C)ccc21.[Cl-].[Cl-]. The van der Waals surface area contributed by atoms with Crippen LogP contribution in [0.25, 0.3) is 12.2 Å². The van der Waals surface area contributed by atoms with Crippen LogP contribution in [0.15, 0.2) is 48.6 Å². The van der Waals surface area contributed by atoms with Crippen LogP contribution in [0, 0.1) is 13.8 Å². The number of fused-ring (bicyclic) bond motifs is 2. The topological polar surface area (TPSA) is 0 Å². The van der Waals surface area contributed by atoms with Gasteiger partial charge in [0.25, 0.3) is 0 Å². The third kappa shape index (κ3) is 3.32. The monoisotopic (exact) mass is 432 g/mol. The maximum Gasteiger partial charge on any atom is -1.00 e.